The summed E-state index contributed by atoms with van der Waals surface area (Å²) in [6, 6.07) is 8.37. The molecule has 1 N–H and O–H groups in total. The van der Waals surface area contributed by atoms with E-state index in [1.807, 2.05) is 29.9 Å². The largest absolute Gasteiger partial charge is 0.487 e. The first kappa shape index (κ1) is 47.6. The van der Waals surface area contributed by atoms with Crippen molar-refractivity contribution in [3.8, 4) is 28.8 Å². The van der Waals surface area contributed by atoms with E-state index in [2.05, 4.69) is 55.6 Å². The average molecular weight is 878 g/mol. The van der Waals surface area contributed by atoms with Crippen molar-refractivity contribution in [3.05, 3.63) is 48.7 Å². The number of nitrogens with one attached hydrogen (secondary N) is 1. The van der Waals surface area contributed by atoms with Crippen molar-refractivity contribution in [2.24, 2.45) is 0 Å². The van der Waals surface area contributed by atoms with Crippen LogP contribution in [0.2, 0.25) is 0 Å². The van der Waals surface area contributed by atoms with E-state index < -0.39 is 0 Å². The van der Waals surface area contributed by atoms with Crippen LogP contribution < -0.4 is 14.8 Å². The number of tetrazole rings is 1. The molecule has 20 nitrogen and oxygen atoms in total. The zero-order chi connectivity index (χ0) is 44.1. The highest BCUT2D eigenvalue weighted by atomic mass is 16.6. The summed E-state index contributed by atoms with van der Waals surface area (Å²) >= 11 is 0. The summed E-state index contributed by atoms with van der Waals surface area (Å²) in [6.07, 6.45) is 11.4. The third-order valence-electron chi connectivity index (χ3n) is 10.6. The van der Waals surface area contributed by atoms with E-state index >= 15 is 0 Å². The molecular formula is C43H63N11O9. The first-order valence-corrected chi connectivity index (χ1v) is 21.9. The van der Waals surface area contributed by atoms with Gasteiger partial charge in [0.25, 0.3) is 5.88 Å². The van der Waals surface area contributed by atoms with Crippen molar-refractivity contribution in [3.63, 3.8) is 0 Å². The second kappa shape index (κ2) is 26.1. The van der Waals surface area contributed by atoms with Gasteiger partial charge in [0.05, 0.1) is 109 Å². The number of rotatable bonds is 28. The van der Waals surface area contributed by atoms with Crippen LogP contribution in [0.4, 0.5) is 11.6 Å². The van der Waals surface area contributed by atoms with Crippen LogP contribution in [-0.4, -0.2) is 169 Å². The van der Waals surface area contributed by atoms with Crippen molar-refractivity contribution in [1.82, 2.24) is 44.9 Å². The summed E-state index contributed by atoms with van der Waals surface area (Å²) in [7, 11) is 1.64. The molecule has 1 aliphatic heterocycles. The van der Waals surface area contributed by atoms with Crippen LogP contribution in [0.25, 0.3) is 11.1 Å². The van der Waals surface area contributed by atoms with Gasteiger partial charge in [-0.05, 0) is 74.6 Å². The number of hydrogen-bond acceptors (Lipinski definition) is 18. The molecule has 20 heteroatoms. The van der Waals surface area contributed by atoms with E-state index in [1.165, 1.54) is 6.33 Å². The van der Waals surface area contributed by atoms with E-state index in [1.54, 1.807) is 30.3 Å². The Morgan fingerprint density at radius 1 is 0.810 bits per heavy atom. The molecule has 1 aromatic carbocycles. The molecule has 344 valence electrons. The van der Waals surface area contributed by atoms with Crippen LogP contribution >= 0.6 is 0 Å². The summed E-state index contributed by atoms with van der Waals surface area (Å²) in [4.78, 5) is 11.9. The minimum atomic E-state index is -0.292. The lowest BCUT2D eigenvalue weighted by molar-refractivity contribution is -0.0852. The molecule has 0 bridgehead atoms. The average Bonchev–Trinajstić information content (AvgIpc) is 3.95. The summed E-state index contributed by atoms with van der Waals surface area (Å²) in [6.45, 7) is 14.2. The second-order valence-corrected chi connectivity index (χ2v) is 15.6. The van der Waals surface area contributed by atoms with Crippen LogP contribution in [0.15, 0.2) is 43.1 Å². The van der Waals surface area contributed by atoms with Crippen molar-refractivity contribution < 1.29 is 42.6 Å². The van der Waals surface area contributed by atoms with Gasteiger partial charge in [0, 0.05) is 44.2 Å². The fourth-order valence-electron chi connectivity index (χ4n) is 7.61. The Balaban J connectivity index is 0.989. The highest BCUT2D eigenvalue weighted by Crippen LogP contribution is 2.35. The number of nitriles is 1. The maximum Gasteiger partial charge on any atom is 0.257 e. The highest BCUT2D eigenvalue weighted by molar-refractivity contribution is 5.67. The molecule has 1 saturated carbocycles. The number of aromatic nitrogens is 8. The number of anilines is 2. The van der Waals surface area contributed by atoms with Crippen LogP contribution in [-0.2, 0) is 39.7 Å². The predicted molar refractivity (Wildman–Crippen MR) is 230 cm³/mol. The summed E-state index contributed by atoms with van der Waals surface area (Å²) in [5.41, 5.74) is 2.63. The number of hydrogen-bond donors (Lipinski definition) is 1. The molecule has 0 radical (unpaired) electrons. The third-order valence-corrected chi connectivity index (χ3v) is 10.6. The molecule has 6 rings (SSSR count). The van der Waals surface area contributed by atoms with Gasteiger partial charge in [0.15, 0.2) is 0 Å². The van der Waals surface area contributed by atoms with Crippen molar-refractivity contribution in [1.29, 1.82) is 5.26 Å². The molecule has 3 atom stereocenters. The molecule has 4 heterocycles. The Labute approximate surface area is 369 Å². The molecule has 63 heavy (non-hydrogen) atoms. The molecule has 1 aliphatic carbocycles. The first-order chi connectivity index (χ1) is 30.9. The standard InChI is InChI=1S/C43H63N11O9/c1-32-27-52(28-33(2)62-32)38-7-9-39(10-8-38)54-30-40(42(49-54)61-22-21-60-20-19-59-18-17-58-16-15-57-14-13-56-12-11-55-4)48-43-45-25-37(26-46-43)35-5-6-36(24-44)41(23-35)63-34(3)29-53-31-47-50-51-53/h5-6,23,25-26,30-34,38-39H,7-22,27-29H2,1-4H3,(H,45,46,48)/t32-,33+,34-,38?,39?/m0/s1. The fourth-order valence-corrected chi connectivity index (χ4v) is 7.61. The van der Waals surface area contributed by atoms with E-state index in [0.29, 0.717) is 121 Å². The van der Waals surface area contributed by atoms with Gasteiger partial charge < -0.3 is 47.9 Å². The molecule has 0 spiro atoms. The smallest absolute Gasteiger partial charge is 0.257 e. The fraction of sp³-hybridized carbons (Fsp3) is 0.651. The zero-order valence-corrected chi connectivity index (χ0v) is 37.0. The monoisotopic (exact) mass is 877 g/mol. The summed E-state index contributed by atoms with van der Waals surface area (Å²) in [5.74, 6) is 1.28. The van der Waals surface area contributed by atoms with Crippen molar-refractivity contribution in [2.75, 3.05) is 105 Å². The third kappa shape index (κ3) is 15.7. The maximum absolute atomic E-state index is 9.75. The molecule has 3 aromatic heterocycles. The number of benzene rings is 1. The Bertz CT molecular complexity index is 1910. The molecule has 4 aromatic rings. The van der Waals surface area contributed by atoms with Gasteiger partial charge >= 0.3 is 0 Å². The SMILES string of the molecule is COCCOCCOCCOCCOCCOCCOc1nn(C2CCC(N3C[C@@H](C)O[C@@H](C)C3)CC2)cc1Nc1ncc(-c2ccc(C#N)c(O[C@@H](C)Cn3cnnn3)c2)cn1. The molecule has 1 saturated heterocycles. The van der Waals surface area contributed by atoms with Crippen LogP contribution in [0, 0.1) is 11.3 Å². The molecule has 2 aliphatic rings. The Hall–Kier alpha value is -4.85. The van der Waals surface area contributed by atoms with E-state index in [-0.39, 0.29) is 24.4 Å². The minimum Gasteiger partial charge on any atom is -0.487 e. The van der Waals surface area contributed by atoms with Crippen LogP contribution in [0.5, 0.6) is 11.6 Å². The quantitative estimate of drug-likeness (QED) is 0.0796. The Morgan fingerprint density at radius 2 is 1.41 bits per heavy atom. The molecule has 2 fully saturated rings. The van der Waals surface area contributed by atoms with Crippen LogP contribution in [0.3, 0.4) is 0 Å². The van der Waals surface area contributed by atoms with Gasteiger partial charge in [0.1, 0.15) is 36.5 Å². The molecule has 0 amide bonds. The summed E-state index contributed by atoms with van der Waals surface area (Å²) < 4.78 is 54.7. The van der Waals surface area contributed by atoms with Gasteiger partial charge in [-0.25, -0.2) is 14.6 Å². The van der Waals surface area contributed by atoms with E-state index in [4.69, 9.17) is 47.7 Å². The second-order valence-electron chi connectivity index (χ2n) is 15.6. The maximum atomic E-state index is 9.75. The number of ether oxygens (including phenoxy) is 9. The van der Waals surface area contributed by atoms with Crippen molar-refractivity contribution >= 4 is 11.6 Å². The van der Waals surface area contributed by atoms with Crippen LogP contribution in [0.1, 0.15) is 58.1 Å². The Morgan fingerprint density at radius 3 is 2.00 bits per heavy atom. The normalized spacial score (nSPS) is 19.7. The first-order valence-electron chi connectivity index (χ1n) is 21.9. The topological polar surface area (TPSA) is 209 Å². The van der Waals surface area contributed by atoms with Crippen molar-refractivity contribution in [2.45, 2.75) is 83.4 Å². The predicted octanol–water partition coefficient (Wildman–Crippen LogP) is 4.11. The molecular weight excluding hydrogens is 815 g/mol. The van der Waals surface area contributed by atoms with E-state index in [9.17, 15) is 5.26 Å². The molecule has 0 unspecified atom stereocenters. The minimum absolute atomic E-state index is 0.234. The van der Waals surface area contributed by atoms with Gasteiger partial charge in [-0.2, -0.15) is 5.26 Å². The van der Waals surface area contributed by atoms with Gasteiger partial charge in [-0.15, -0.1) is 10.2 Å². The highest BCUT2D eigenvalue weighted by Gasteiger charge is 2.32. The number of morpholine rings is 1. The number of nitrogens with zero attached hydrogens (tertiary/aromatic N) is 10. The number of methoxy groups -OCH3 is 1. The van der Waals surface area contributed by atoms with Gasteiger partial charge in [-0.3, -0.25) is 9.58 Å². The van der Waals surface area contributed by atoms with Gasteiger partial charge in [0.2, 0.25) is 5.95 Å². The lowest BCUT2D eigenvalue weighted by Gasteiger charge is -2.42. The van der Waals surface area contributed by atoms with E-state index in [0.717, 1.165) is 49.9 Å². The lowest BCUT2D eigenvalue weighted by Crippen LogP contribution is -2.51. The van der Waals surface area contributed by atoms with Gasteiger partial charge in [-0.1, -0.05) is 6.07 Å². The zero-order valence-electron chi connectivity index (χ0n) is 37.0. The Kier molecular flexibility index (Phi) is 19.7. The summed E-state index contributed by atoms with van der Waals surface area (Å²) in [5, 5.41) is 29.2. The lowest BCUT2D eigenvalue weighted by atomic mass is 9.89.